The van der Waals surface area contributed by atoms with Gasteiger partial charge in [0.2, 0.25) is 0 Å². The lowest BCUT2D eigenvalue weighted by atomic mass is 10.1. The van der Waals surface area contributed by atoms with Crippen LogP contribution in [-0.2, 0) is 30.4 Å². The maximum Gasteiger partial charge on any atom is 0.435 e. The number of aldehydes is 1. The summed E-state index contributed by atoms with van der Waals surface area (Å²) in [6.07, 6.45) is -2.00. The first-order valence-electron chi connectivity index (χ1n) is 12.2. The van der Waals surface area contributed by atoms with Crippen LogP contribution >= 0.6 is 12.4 Å². The third-order valence-corrected chi connectivity index (χ3v) is 6.51. The highest BCUT2D eigenvalue weighted by atomic mass is 35.5. The smallest absolute Gasteiger partial charge is 0.339 e. The number of fused-ring (bicyclic) bond motifs is 2. The summed E-state index contributed by atoms with van der Waals surface area (Å²) in [5.41, 5.74) is 3.04. The van der Waals surface area contributed by atoms with Crippen LogP contribution in [0.2, 0.25) is 0 Å². The molecule has 40 heavy (non-hydrogen) atoms. The van der Waals surface area contributed by atoms with Crippen LogP contribution in [0.4, 0.5) is 24.7 Å². The first-order valence-corrected chi connectivity index (χ1v) is 12.2. The summed E-state index contributed by atoms with van der Waals surface area (Å²) in [5.74, 6) is 1.21. The standard InChI is InChI=1S/C26H22F3N9O.ClH/c1-15-2-6-22(35-34-15)32-17-4-5-21-19(12-17)31-14-37(21)23-7-3-16(9-11-39)25(33-23)38-20-8-10-30-13-18(20)24(36-38)26(27,28)29;/h2-7,11-12,14,30H,8-10,13H2,1H3,(H,32,35);1H. The molecule has 4 aromatic heterocycles. The van der Waals surface area contributed by atoms with Gasteiger partial charge in [-0.1, -0.05) is 6.07 Å². The van der Waals surface area contributed by atoms with Crippen molar-refractivity contribution in [1.29, 1.82) is 0 Å². The molecule has 1 aliphatic heterocycles. The van der Waals surface area contributed by atoms with Crippen LogP contribution in [0.15, 0.2) is 48.8 Å². The first kappa shape index (κ1) is 27.2. The van der Waals surface area contributed by atoms with Crippen molar-refractivity contribution in [3.05, 3.63) is 77.0 Å². The molecule has 1 aromatic carbocycles. The Morgan fingerprint density at radius 2 is 1.98 bits per heavy atom. The molecule has 0 saturated carbocycles. The fourth-order valence-corrected chi connectivity index (χ4v) is 4.67. The van der Waals surface area contributed by atoms with E-state index in [-0.39, 0.29) is 36.8 Å². The molecule has 1 aliphatic rings. The van der Waals surface area contributed by atoms with E-state index in [4.69, 9.17) is 4.98 Å². The normalized spacial score (nSPS) is 13.1. The van der Waals surface area contributed by atoms with Crippen molar-refractivity contribution in [2.45, 2.75) is 32.5 Å². The second kappa shape index (κ2) is 10.7. The number of aromatic nitrogens is 7. The second-order valence-electron chi connectivity index (χ2n) is 9.14. The lowest BCUT2D eigenvalue weighted by molar-refractivity contribution is -0.142. The van der Waals surface area contributed by atoms with Crippen LogP contribution in [0.25, 0.3) is 22.7 Å². The molecular weight excluding hydrogens is 547 g/mol. The van der Waals surface area contributed by atoms with E-state index in [2.05, 4.69) is 30.9 Å². The first-order chi connectivity index (χ1) is 18.8. The molecule has 14 heteroatoms. The summed E-state index contributed by atoms with van der Waals surface area (Å²) in [7, 11) is 0. The van der Waals surface area contributed by atoms with Crippen LogP contribution in [0.3, 0.4) is 0 Å². The zero-order chi connectivity index (χ0) is 27.1. The van der Waals surface area contributed by atoms with Crippen LogP contribution in [0.1, 0.15) is 28.2 Å². The minimum absolute atomic E-state index is 0. The average molecular weight is 570 g/mol. The molecule has 2 N–H and O–H groups in total. The minimum Gasteiger partial charge on any atom is -0.339 e. The Labute approximate surface area is 232 Å². The quantitative estimate of drug-likeness (QED) is 0.291. The number of imidazole rings is 1. The molecule has 0 saturated heterocycles. The summed E-state index contributed by atoms with van der Waals surface area (Å²) in [4.78, 5) is 20.6. The van der Waals surface area contributed by atoms with E-state index in [1.807, 2.05) is 37.3 Å². The molecule has 0 amide bonds. The highest BCUT2D eigenvalue weighted by molar-refractivity contribution is 5.85. The van der Waals surface area contributed by atoms with Gasteiger partial charge in [-0.2, -0.15) is 23.4 Å². The van der Waals surface area contributed by atoms with E-state index >= 15 is 0 Å². The Kier molecular flexibility index (Phi) is 7.25. The lowest BCUT2D eigenvalue weighted by Gasteiger charge is -2.17. The van der Waals surface area contributed by atoms with Crippen molar-refractivity contribution < 1.29 is 18.0 Å². The van der Waals surface area contributed by atoms with E-state index in [9.17, 15) is 18.0 Å². The second-order valence-corrected chi connectivity index (χ2v) is 9.14. The van der Waals surface area contributed by atoms with Crippen LogP contribution in [-0.4, -0.2) is 47.3 Å². The molecule has 0 atom stereocenters. The number of anilines is 2. The van der Waals surface area contributed by atoms with Gasteiger partial charge in [-0.3, -0.25) is 4.57 Å². The van der Waals surface area contributed by atoms with Crippen molar-refractivity contribution in [1.82, 2.24) is 39.8 Å². The van der Waals surface area contributed by atoms with Crippen molar-refractivity contribution in [2.75, 3.05) is 11.9 Å². The van der Waals surface area contributed by atoms with Gasteiger partial charge >= 0.3 is 6.18 Å². The summed E-state index contributed by atoms with van der Waals surface area (Å²) >= 11 is 0. The van der Waals surface area contributed by atoms with Crippen LogP contribution in [0.5, 0.6) is 0 Å². The molecule has 10 nitrogen and oxygen atoms in total. The molecule has 0 fully saturated rings. The molecule has 0 aliphatic carbocycles. The van der Waals surface area contributed by atoms with Crippen LogP contribution in [0, 0.1) is 6.92 Å². The predicted octanol–water partition coefficient (Wildman–Crippen LogP) is 4.28. The van der Waals surface area contributed by atoms with Crippen molar-refractivity contribution >= 4 is 41.2 Å². The molecule has 206 valence electrons. The lowest BCUT2D eigenvalue weighted by Crippen LogP contribution is -2.26. The van der Waals surface area contributed by atoms with Gasteiger partial charge in [0.25, 0.3) is 0 Å². The number of nitrogens with zero attached hydrogens (tertiary/aromatic N) is 7. The summed E-state index contributed by atoms with van der Waals surface area (Å²) < 4.78 is 44.4. The third kappa shape index (κ3) is 5.00. The molecular formula is C26H23ClF3N9O. The number of rotatable bonds is 6. The summed E-state index contributed by atoms with van der Waals surface area (Å²) in [6.45, 7) is 2.42. The van der Waals surface area contributed by atoms with E-state index < -0.39 is 11.9 Å². The Hall–Kier alpha value is -4.36. The summed E-state index contributed by atoms with van der Waals surface area (Å²) in [6, 6.07) is 12.6. The Balaban J connectivity index is 0.00000323. The number of hydrogen-bond donors (Lipinski definition) is 2. The number of halogens is 4. The molecule has 5 aromatic rings. The average Bonchev–Trinajstić information content (AvgIpc) is 3.52. The fourth-order valence-electron chi connectivity index (χ4n) is 4.67. The molecule has 5 heterocycles. The maximum atomic E-state index is 13.8. The number of carbonyl (C=O) groups excluding carboxylic acids is 1. The van der Waals surface area contributed by atoms with Crippen molar-refractivity contribution in [3.8, 4) is 11.6 Å². The Bertz CT molecular complexity index is 1700. The zero-order valence-electron chi connectivity index (χ0n) is 21.1. The Morgan fingerprint density at radius 1 is 1.12 bits per heavy atom. The highest BCUT2D eigenvalue weighted by Gasteiger charge is 2.40. The number of hydrogen-bond acceptors (Lipinski definition) is 8. The van der Waals surface area contributed by atoms with Gasteiger partial charge in [-0.05, 0) is 43.3 Å². The fraction of sp³-hybridized carbons (Fsp3) is 0.231. The molecule has 0 spiro atoms. The van der Waals surface area contributed by atoms with E-state index in [0.717, 1.165) is 16.9 Å². The van der Waals surface area contributed by atoms with Crippen molar-refractivity contribution in [2.24, 2.45) is 0 Å². The largest absolute Gasteiger partial charge is 0.435 e. The number of carbonyl (C=O) groups is 1. The van der Waals surface area contributed by atoms with Gasteiger partial charge in [-0.15, -0.1) is 17.5 Å². The number of benzene rings is 1. The number of pyridine rings is 1. The monoisotopic (exact) mass is 569 g/mol. The van der Waals surface area contributed by atoms with E-state index in [1.165, 1.54) is 4.68 Å². The van der Waals surface area contributed by atoms with Crippen LogP contribution < -0.4 is 10.6 Å². The minimum atomic E-state index is -4.62. The highest BCUT2D eigenvalue weighted by Crippen LogP contribution is 2.35. The maximum absolute atomic E-state index is 13.8. The van der Waals surface area contributed by atoms with Gasteiger partial charge in [0, 0.05) is 42.7 Å². The Morgan fingerprint density at radius 3 is 2.73 bits per heavy atom. The van der Waals surface area contributed by atoms with Gasteiger partial charge in [0.1, 0.15) is 18.4 Å². The molecule has 0 bridgehead atoms. The molecule has 0 radical (unpaired) electrons. The van der Waals surface area contributed by atoms with Gasteiger partial charge in [0.05, 0.1) is 22.4 Å². The van der Waals surface area contributed by atoms with Gasteiger partial charge in [-0.25, -0.2) is 14.6 Å². The molecule has 6 rings (SSSR count). The van der Waals surface area contributed by atoms with E-state index in [0.29, 0.717) is 47.7 Å². The third-order valence-electron chi connectivity index (χ3n) is 6.51. The zero-order valence-corrected chi connectivity index (χ0v) is 21.9. The number of nitrogens with one attached hydrogen (secondary N) is 2. The van der Waals surface area contributed by atoms with E-state index in [1.54, 1.807) is 23.0 Å². The number of aryl methyl sites for hydroxylation is 1. The topological polar surface area (TPSA) is 115 Å². The predicted molar refractivity (Wildman–Crippen MR) is 143 cm³/mol. The van der Waals surface area contributed by atoms with Crippen molar-refractivity contribution in [3.63, 3.8) is 0 Å². The summed E-state index contributed by atoms with van der Waals surface area (Å²) in [5, 5.41) is 18.3. The van der Waals surface area contributed by atoms with Gasteiger partial charge < -0.3 is 15.4 Å². The molecule has 0 unspecified atom stereocenters. The number of alkyl halides is 3. The SMILES string of the molecule is Cc1ccc(Nc2ccc3c(c2)ncn3-c2ccc(CC=O)c(-n3nc(C(F)(F)F)c4c3CCNC4)n2)nn1.Cl. The van der Waals surface area contributed by atoms with Gasteiger partial charge in [0.15, 0.2) is 17.3 Å².